The third kappa shape index (κ3) is 5.20. The molecule has 0 aromatic heterocycles. The van der Waals surface area contributed by atoms with E-state index in [4.69, 9.17) is 0 Å². The fourth-order valence-corrected chi connectivity index (χ4v) is 2.97. The number of urea groups is 1. The number of nitrogens with one attached hydrogen (secondary N) is 2. The van der Waals surface area contributed by atoms with Gasteiger partial charge in [0.25, 0.3) is 0 Å². The summed E-state index contributed by atoms with van der Waals surface area (Å²) in [5, 5.41) is 5.78. The molecule has 0 spiro atoms. The van der Waals surface area contributed by atoms with Gasteiger partial charge in [0.15, 0.2) is 0 Å². The average Bonchev–Trinajstić information content (AvgIpc) is 2.55. The first kappa shape index (κ1) is 17.7. The molecule has 0 aliphatic carbocycles. The van der Waals surface area contributed by atoms with Crippen LogP contribution in [0.15, 0.2) is 18.2 Å². The summed E-state index contributed by atoms with van der Waals surface area (Å²) in [6.07, 6.45) is 3.77. The molecule has 0 atom stereocenters. The Morgan fingerprint density at radius 1 is 1.22 bits per heavy atom. The van der Waals surface area contributed by atoms with Gasteiger partial charge in [-0.3, -0.25) is 4.90 Å². The molecule has 0 unspecified atom stereocenters. The number of aryl methyl sites for hydroxylation is 1. The third-order valence-corrected chi connectivity index (χ3v) is 4.57. The number of rotatable bonds is 5. The van der Waals surface area contributed by atoms with Crippen molar-refractivity contribution >= 4 is 6.03 Å². The van der Waals surface area contributed by atoms with E-state index in [0.717, 1.165) is 18.7 Å². The number of hydrogen-bond acceptors (Lipinski definition) is 2. The Hall–Kier alpha value is -1.62. The molecule has 0 radical (unpaired) electrons. The molecule has 23 heavy (non-hydrogen) atoms. The molecule has 1 aromatic rings. The van der Waals surface area contributed by atoms with Gasteiger partial charge in [0.1, 0.15) is 5.82 Å². The fraction of sp³-hybridized carbons (Fsp3) is 0.611. The quantitative estimate of drug-likeness (QED) is 0.875. The monoisotopic (exact) mass is 321 g/mol. The van der Waals surface area contributed by atoms with Crippen molar-refractivity contribution in [2.75, 3.05) is 19.6 Å². The van der Waals surface area contributed by atoms with Crippen LogP contribution in [0.1, 0.15) is 44.2 Å². The Morgan fingerprint density at radius 2 is 1.91 bits per heavy atom. The van der Waals surface area contributed by atoms with Crippen molar-refractivity contribution in [3.8, 4) is 0 Å². The third-order valence-electron chi connectivity index (χ3n) is 4.57. The van der Waals surface area contributed by atoms with Gasteiger partial charge in [-0.25, -0.2) is 9.18 Å². The maximum atomic E-state index is 13.2. The second-order valence-electron chi connectivity index (χ2n) is 6.98. The molecule has 2 amide bonds. The van der Waals surface area contributed by atoms with Crippen LogP contribution in [0, 0.1) is 12.7 Å². The van der Waals surface area contributed by atoms with Crippen LogP contribution in [0.2, 0.25) is 0 Å². The molecular formula is C18H28FN3O. The summed E-state index contributed by atoms with van der Waals surface area (Å²) >= 11 is 0. The Labute approximate surface area is 138 Å². The van der Waals surface area contributed by atoms with Gasteiger partial charge in [-0.1, -0.05) is 18.6 Å². The van der Waals surface area contributed by atoms with Gasteiger partial charge in [-0.05, 0) is 63.9 Å². The first-order valence-electron chi connectivity index (χ1n) is 8.40. The van der Waals surface area contributed by atoms with E-state index in [2.05, 4.69) is 29.4 Å². The maximum Gasteiger partial charge on any atom is 0.315 e. The van der Waals surface area contributed by atoms with E-state index < -0.39 is 0 Å². The Kier molecular flexibility index (Phi) is 5.99. The number of nitrogens with zero attached hydrogens (tertiary/aromatic N) is 1. The zero-order chi connectivity index (χ0) is 16.9. The number of carbonyl (C=O) groups is 1. The molecule has 0 saturated carbocycles. The zero-order valence-electron chi connectivity index (χ0n) is 14.4. The molecule has 1 fully saturated rings. The van der Waals surface area contributed by atoms with Crippen molar-refractivity contribution in [2.45, 2.75) is 52.1 Å². The standard InChI is InChI=1S/C18H28FN3O/c1-14-11-15(7-8-16(14)19)12-20-17(23)21-13-18(2,3)22-9-5-4-6-10-22/h7-8,11H,4-6,9-10,12-13H2,1-3H3,(H2,20,21,23). The number of likely N-dealkylation sites (tertiary alicyclic amines) is 1. The molecule has 1 aromatic carbocycles. The summed E-state index contributed by atoms with van der Waals surface area (Å²) < 4.78 is 13.2. The van der Waals surface area contributed by atoms with E-state index in [9.17, 15) is 9.18 Å². The Bertz CT molecular complexity index is 539. The molecular weight excluding hydrogens is 293 g/mol. The van der Waals surface area contributed by atoms with Crippen LogP contribution in [0.5, 0.6) is 0 Å². The molecule has 1 heterocycles. The normalized spacial score (nSPS) is 16.2. The van der Waals surface area contributed by atoms with Crippen molar-refractivity contribution in [2.24, 2.45) is 0 Å². The number of benzene rings is 1. The smallest absolute Gasteiger partial charge is 0.315 e. The highest BCUT2D eigenvalue weighted by Gasteiger charge is 2.28. The first-order valence-corrected chi connectivity index (χ1v) is 8.40. The Balaban J connectivity index is 1.76. The lowest BCUT2D eigenvalue weighted by atomic mass is 9.98. The number of hydrogen-bond donors (Lipinski definition) is 2. The van der Waals surface area contributed by atoms with E-state index in [1.54, 1.807) is 19.1 Å². The maximum absolute atomic E-state index is 13.2. The summed E-state index contributed by atoms with van der Waals surface area (Å²) in [6, 6.07) is 4.70. The number of piperidine rings is 1. The number of carbonyl (C=O) groups excluding carboxylic acids is 1. The van der Waals surface area contributed by atoms with Gasteiger partial charge in [0.2, 0.25) is 0 Å². The summed E-state index contributed by atoms with van der Waals surface area (Å²) in [6.45, 7) is 9.28. The molecule has 2 rings (SSSR count). The highest BCUT2D eigenvalue weighted by Crippen LogP contribution is 2.19. The first-order chi connectivity index (χ1) is 10.9. The van der Waals surface area contributed by atoms with E-state index in [-0.39, 0.29) is 17.4 Å². The van der Waals surface area contributed by atoms with E-state index >= 15 is 0 Å². The van der Waals surface area contributed by atoms with Crippen LogP contribution >= 0.6 is 0 Å². The van der Waals surface area contributed by atoms with Gasteiger partial charge < -0.3 is 10.6 Å². The lowest BCUT2D eigenvalue weighted by molar-refractivity contribution is 0.0960. The van der Waals surface area contributed by atoms with Crippen LogP contribution in [0.3, 0.4) is 0 Å². The van der Waals surface area contributed by atoms with Crippen molar-refractivity contribution in [1.82, 2.24) is 15.5 Å². The van der Waals surface area contributed by atoms with Crippen LogP contribution < -0.4 is 10.6 Å². The predicted octanol–water partition coefficient (Wildman–Crippen LogP) is 3.20. The minimum atomic E-state index is -0.221. The Morgan fingerprint density at radius 3 is 2.57 bits per heavy atom. The van der Waals surface area contributed by atoms with Crippen LogP contribution in [0.4, 0.5) is 9.18 Å². The fourth-order valence-electron chi connectivity index (χ4n) is 2.97. The second-order valence-corrected chi connectivity index (χ2v) is 6.98. The molecule has 2 N–H and O–H groups in total. The highest BCUT2D eigenvalue weighted by atomic mass is 19.1. The average molecular weight is 321 g/mol. The molecule has 1 saturated heterocycles. The van der Waals surface area contributed by atoms with Gasteiger partial charge in [0.05, 0.1) is 0 Å². The largest absolute Gasteiger partial charge is 0.336 e. The summed E-state index contributed by atoms with van der Waals surface area (Å²) in [5.74, 6) is -0.221. The summed E-state index contributed by atoms with van der Waals surface area (Å²) in [7, 11) is 0. The van der Waals surface area contributed by atoms with Crippen LogP contribution in [0.25, 0.3) is 0 Å². The lowest BCUT2D eigenvalue weighted by Crippen LogP contribution is -2.54. The lowest BCUT2D eigenvalue weighted by Gasteiger charge is -2.41. The summed E-state index contributed by atoms with van der Waals surface area (Å²) in [5.41, 5.74) is 1.45. The van der Waals surface area contributed by atoms with E-state index in [0.29, 0.717) is 18.7 Å². The molecule has 1 aliphatic heterocycles. The van der Waals surface area contributed by atoms with Crippen molar-refractivity contribution < 1.29 is 9.18 Å². The van der Waals surface area contributed by atoms with Crippen molar-refractivity contribution in [3.05, 3.63) is 35.1 Å². The molecule has 5 heteroatoms. The van der Waals surface area contributed by atoms with Crippen LogP contribution in [-0.2, 0) is 6.54 Å². The minimum absolute atomic E-state index is 0.0375. The van der Waals surface area contributed by atoms with E-state index in [1.165, 1.54) is 25.3 Å². The number of amides is 2. The minimum Gasteiger partial charge on any atom is -0.336 e. The van der Waals surface area contributed by atoms with Crippen molar-refractivity contribution in [3.63, 3.8) is 0 Å². The van der Waals surface area contributed by atoms with Crippen molar-refractivity contribution in [1.29, 1.82) is 0 Å². The SMILES string of the molecule is Cc1cc(CNC(=O)NCC(C)(C)N2CCCCC2)ccc1F. The summed E-state index contributed by atoms with van der Waals surface area (Å²) in [4.78, 5) is 14.4. The highest BCUT2D eigenvalue weighted by molar-refractivity contribution is 5.73. The topological polar surface area (TPSA) is 44.4 Å². The van der Waals surface area contributed by atoms with Gasteiger partial charge >= 0.3 is 6.03 Å². The number of halogens is 1. The molecule has 0 bridgehead atoms. The van der Waals surface area contributed by atoms with Gasteiger partial charge in [-0.2, -0.15) is 0 Å². The molecule has 1 aliphatic rings. The van der Waals surface area contributed by atoms with Crippen LogP contribution in [-0.4, -0.2) is 36.1 Å². The van der Waals surface area contributed by atoms with E-state index in [1.807, 2.05) is 0 Å². The zero-order valence-corrected chi connectivity index (χ0v) is 14.4. The molecule has 128 valence electrons. The molecule has 4 nitrogen and oxygen atoms in total. The van der Waals surface area contributed by atoms with Gasteiger partial charge in [0, 0.05) is 18.6 Å². The predicted molar refractivity (Wildman–Crippen MR) is 90.9 cm³/mol. The van der Waals surface area contributed by atoms with Gasteiger partial charge in [-0.15, -0.1) is 0 Å². The second kappa shape index (κ2) is 7.77.